The number of aliphatic imine (C=N–C) groups is 1. The smallest absolute Gasteiger partial charge is 0.326 e. The molecule has 3 unspecified atom stereocenters. The monoisotopic (exact) mass is 481 g/mol. The molecule has 14 nitrogen and oxygen atoms in total. The van der Waals surface area contributed by atoms with Crippen molar-refractivity contribution in [3.63, 3.8) is 0 Å². The molecule has 0 spiro atoms. The van der Waals surface area contributed by atoms with Gasteiger partial charge in [0.2, 0.25) is 17.7 Å². The number of hydrogen-bond donors (Lipinski definition) is 8. The van der Waals surface area contributed by atoms with E-state index in [-0.39, 0.29) is 31.3 Å². The molecule has 0 fully saturated rings. The molecule has 0 aliphatic heterocycles. The molecule has 14 heteroatoms. The minimum absolute atomic E-state index is 0.0282. The number of guanidine groups is 1. The van der Waals surface area contributed by atoms with E-state index in [2.05, 4.69) is 30.9 Å². The Morgan fingerprint density at radius 1 is 1.15 bits per heavy atom. The average Bonchev–Trinajstić information content (AvgIpc) is 3.25. The highest BCUT2D eigenvalue weighted by atomic mass is 16.4. The normalized spacial score (nSPS) is 13.4. The van der Waals surface area contributed by atoms with E-state index in [4.69, 9.17) is 17.2 Å². The Labute approximate surface area is 197 Å². The van der Waals surface area contributed by atoms with E-state index >= 15 is 0 Å². The average molecular weight is 482 g/mol. The lowest BCUT2D eigenvalue weighted by molar-refractivity contribution is -0.142. The molecular weight excluding hydrogens is 446 g/mol. The number of carboxylic acid groups (broad SMARTS) is 1. The zero-order valence-corrected chi connectivity index (χ0v) is 19.4. The fraction of sp³-hybridized carbons (Fsp3) is 0.600. The maximum Gasteiger partial charge on any atom is 0.326 e. The molecule has 1 aromatic heterocycles. The number of amides is 3. The lowest BCUT2D eigenvalue weighted by atomic mass is 10.0. The Bertz CT molecular complexity index is 837. The van der Waals surface area contributed by atoms with Crippen molar-refractivity contribution in [3.05, 3.63) is 18.2 Å². The molecule has 3 atom stereocenters. The van der Waals surface area contributed by atoms with Gasteiger partial charge >= 0.3 is 5.97 Å². The maximum atomic E-state index is 12.8. The van der Waals surface area contributed by atoms with Crippen LogP contribution in [0.1, 0.15) is 38.8 Å². The summed E-state index contributed by atoms with van der Waals surface area (Å²) in [5, 5.41) is 16.8. The van der Waals surface area contributed by atoms with Gasteiger partial charge in [-0.1, -0.05) is 13.8 Å². The van der Waals surface area contributed by atoms with Crippen LogP contribution in [0.4, 0.5) is 0 Å². The third-order valence-corrected chi connectivity index (χ3v) is 4.68. The van der Waals surface area contributed by atoms with Gasteiger partial charge in [-0.3, -0.25) is 19.4 Å². The van der Waals surface area contributed by atoms with Crippen LogP contribution in [0.3, 0.4) is 0 Å². The van der Waals surface area contributed by atoms with Crippen molar-refractivity contribution in [1.82, 2.24) is 25.9 Å². The Hall–Kier alpha value is -3.68. The Morgan fingerprint density at radius 2 is 1.85 bits per heavy atom. The number of aromatic amines is 1. The first-order valence-electron chi connectivity index (χ1n) is 10.9. The van der Waals surface area contributed by atoms with Crippen LogP contribution < -0.4 is 33.2 Å². The first-order chi connectivity index (χ1) is 16.0. The molecule has 190 valence electrons. The maximum absolute atomic E-state index is 12.8. The van der Waals surface area contributed by atoms with Crippen molar-refractivity contribution in [2.45, 2.75) is 57.7 Å². The van der Waals surface area contributed by atoms with E-state index in [9.17, 15) is 24.3 Å². The summed E-state index contributed by atoms with van der Waals surface area (Å²) < 4.78 is 0. The van der Waals surface area contributed by atoms with Crippen LogP contribution in [0.25, 0.3) is 0 Å². The van der Waals surface area contributed by atoms with Gasteiger partial charge in [0.25, 0.3) is 0 Å². The molecular formula is C20H35N9O5. The molecule has 1 aromatic rings. The lowest BCUT2D eigenvalue weighted by Crippen LogP contribution is -2.54. The highest BCUT2D eigenvalue weighted by Gasteiger charge is 2.27. The van der Waals surface area contributed by atoms with Gasteiger partial charge in [-0.2, -0.15) is 0 Å². The molecule has 1 rings (SSSR count). The number of nitrogens with zero attached hydrogens (tertiary/aromatic N) is 2. The van der Waals surface area contributed by atoms with Crippen molar-refractivity contribution >= 4 is 29.7 Å². The molecule has 0 aromatic carbocycles. The molecule has 0 bridgehead atoms. The van der Waals surface area contributed by atoms with E-state index in [0.29, 0.717) is 18.5 Å². The summed E-state index contributed by atoms with van der Waals surface area (Å²) in [6, 6.07) is -3.09. The molecule has 34 heavy (non-hydrogen) atoms. The summed E-state index contributed by atoms with van der Waals surface area (Å²) in [7, 11) is 0. The molecule has 0 aliphatic rings. The predicted molar refractivity (Wildman–Crippen MR) is 124 cm³/mol. The van der Waals surface area contributed by atoms with Crippen LogP contribution in [-0.2, 0) is 25.6 Å². The quantitative estimate of drug-likeness (QED) is 0.0751. The summed E-state index contributed by atoms with van der Waals surface area (Å²) in [5.41, 5.74) is 16.9. The Morgan fingerprint density at radius 3 is 2.41 bits per heavy atom. The summed E-state index contributed by atoms with van der Waals surface area (Å²) in [6.07, 6.45) is 3.73. The summed E-state index contributed by atoms with van der Waals surface area (Å²) in [4.78, 5) is 59.3. The molecule has 0 saturated carbocycles. The second-order valence-corrected chi connectivity index (χ2v) is 8.20. The van der Waals surface area contributed by atoms with Gasteiger partial charge in [0.15, 0.2) is 5.96 Å². The van der Waals surface area contributed by atoms with Crippen molar-refractivity contribution in [2.24, 2.45) is 28.1 Å². The first kappa shape index (κ1) is 28.4. The van der Waals surface area contributed by atoms with E-state index in [1.54, 1.807) is 0 Å². The fourth-order valence-electron chi connectivity index (χ4n) is 3.02. The SMILES string of the molecule is CC(C)CC(N)C(=O)NCC(=O)NC(CCCN=C(N)N)C(=O)NC(Cc1cnc[nH]1)C(=O)O. The topological polar surface area (TPSA) is 244 Å². The number of rotatable bonds is 15. The molecule has 0 aliphatic carbocycles. The van der Waals surface area contributed by atoms with Crippen LogP contribution >= 0.6 is 0 Å². The summed E-state index contributed by atoms with van der Waals surface area (Å²) in [6.45, 7) is 3.66. The molecule has 1 heterocycles. The van der Waals surface area contributed by atoms with Gasteiger partial charge in [-0.05, 0) is 25.2 Å². The zero-order chi connectivity index (χ0) is 25.7. The fourth-order valence-corrected chi connectivity index (χ4v) is 3.02. The van der Waals surface area contributed by atoms with Gasteiger partial charge in [0.1, 0.15) is 12.1 Å². The van der Waals surface area contributed by atoms with Gasteiger partial charge in [-0.25, -0.2) is 9.78 Å². The standard InChI is InChI=1S/C20H35N9O5/c1-11(2)6-13(21)17(31)26-9-16(30)28-14(4-3-5-25-20(22)23)18(32)29-15(19(33)34)7-12-8-24-10-27-12/h8,10-11,13-15H,3-7,9,21H2,1-2H3,(H,24,27)(H,26,31)(H,28,30)(H,29,32)(H,33,34)(H4,22,23,25). The van der Waals surface area contributed by atoms with Crippen LogP contribution in [0.5, 0.6) is 0 Å². The highest BCUT2D eigenvalue weighted by Crippen LogP contribution is 2.04. The lowest BCUT2D eigenvalue weighted by Gasteiger charge is -2.21. The number of imidazole rings is 1. The van der Waals surface area contributed by atoms with E-state index in [1.165, 1.54) is 12.5 Å². The highest BCUT2D eigenvalue weighted by molar-refractivity contribution is 5.92. The number of nitrogens with two attached hydrogens (primary N) is 3. The largest absolute Gasteiger partial charge is 0.480 e. The summed E-state index contributed by atoms with van der Waals surface area (Å²) in [5.74, 6) is -2.98. The molecule has 3 amide bonds. The van der Waals surface area contributed by atoms with Gasteiger partial charge < -0.3 is 43.2 Å². The van der Waals surface area contributed by atoms with Crippen molar-refractivity contribution < 1.29 is 24.3 Å². The van der Waals surface area contributed by atoms with E-state index < -0.39 is 48.4 Å². The van der Waals surface area contributed by atoms with Crippen LogP contribution in [0.15, 0.2) is 17.5 Å². The number of aliphatic carboxylic acids is 1. The third-order valence-electron chi connectivity index (χ3n) is 4.68. The van der Waals surface area contributed by atoms with Gasteiger partial charge in [-0.15, -0.1) is 0 Å². The number of aromatic nitrogens is 2. The predicted octanol–water partition coefficient (Wildman–Crippen LogP) is -2.45. The molecule has 0 saturated heterocycles. The van der Waals surface area contributed by atoms with Crippen molar-refractivity contribution in [1.29, 1.82) is 0 Å². The second-order valence-electron chi connectivity index (χ2n) is 8.20. The number of carbonyl (C=O) groups excluding carboxylic acids is 3. The van der Waals surface area contributed by atoms with E-state index in [1.807, 2.05) is 13.8 Å². The van der Waals surface area contributed by atoms with Crippen molar-refractivity contribution in [2.75, 3.05) is 13.1 Å². The number of carbonyl (C=O) groups is 4. The second kappa shape index (κ2) is 14.5. The van der Waals surface area contributed by atoms with E-state index in [0.717, 1.165) is 0 Å². The van der Waals surface area contributed by atoms with Gasteiger partial charge in [0.05, 0.1) is 18.9 Å². The molecule has 0 radical (unpaired) electrons. The van der Waals surface area contributed by atoms with Crippen LogP contribution in [-0.4, -0.2) is 75.9 Å². The van der Waals surface area contributed by atoms with Gasteiger partial charge in [0, 0.05) is 24.9 Å². The third kappa shape index (κ3) is 11.3. The van der Waals surface area contributed by atoms with Crippen molar-refractivity contribution in [3.8, 4) is 0 Å². The number of carboxylic acids is 1. The molecule has 11 N–H and O–H groups in total. The number of nitrogens with one attached hydrogen (secondary N) is 4. The summed E-state index contributed by atoms with van der Waals surface area (Å²) >= 11 is 0. The number of hydrogen-bond acceptors (Lipinski definition) is 7. The van der Waals surface area contributed by atoms with Crippen LogP contribution in [0.2, 0.25) is 0 Å². The Balaban J connectivity index is 2.76. The first-order valence-corrected chi connectivity index (χ1v) is 10.9. The minimum atomic E-state index is -1.25. The number of H-pyrrole nitrogens is 1. The minimum Gasteiger partial charge on any atom is -0.480 e. The Kier molecular flexibility index (Phi) is 12.1. The zero-order valence-electron chi connectivity index (χ0n) is 19.4. The van der Waals surface area contributed by atoms with Crippen LogP contribution in [0, 0.1) is 5.92 Å².